The number of carbonyl (C=O) groups excluding carboxylic acids is 2. The fourth-order valence-corrected chi connectivity index (χ4v) is 3.87. The van der Waals surface area contributed by atoms with Gasteiger partial charge < -0.3 is 20.3 Å². The average molecular weight is 331 g/mol. The van der Waals surface area contributed by atoms with Gasteiger partial charge in [0.05, 0.1) is 0 Å². The van der Waals surface area contributed by atoms with Crippen molar-refractivity contribution in [1.82, 2.24) is 9.80 Å². The Kier molecular flexibility index (Phi) is 5.04. The number of rotatable bonds is 5. The van der Waals surface area contributed by atoms with Gasteiger partial charge in [0.2, 0.25) is 5.91 Å². The van der Waals surface area contributed by atoms with Crippen LogP contribution in [0.1, 0.15) is 36.0 Å². The SMILES string of the molecule is CN1CCCC1C1CCCN1C(=O)COc1ccc(C(N)=O)cc1. The minimum atomic E-state index is -0.474. The molecular formula is C18H25N3O3. The van der Waals surface area contributed by atoms with Crippen LogP contribution in [0, 0.1) is 0 Å². The molecule has 3 rings (SSSR count). The zero-order valence-electron chi connectivity index (χ0n) is 14.1. The van der Waals surface area contributed by atoms with E-state index in [9.17, 15) is 9.59 Å². The van der Waals surface area contributed by atoms with Crippen molar-refractivity contribution in [3.8, 4) is 5.75 Å². The first-order valence-electron chi connectivity index (χ1n) is 8.58. The van der Waals surface area contributed by atoms with Crippen LogP contribution in [0.3, 0.4) is 0 Å². The number of primary amides is 1. The molecule has 6 heteroatoms. The number of nitrogens with two attached hydrogens (primary N) is 1. The molecule has 2 atom stereocenters. The molecule has 2 aliphatic rings. The maximum Gasteiger partial charge on any atom is 0.260 e. The third kappa shape index (κ3) is 3.53. The van der Waals surface area contributed by atoms with Crippen LogP contribution in [0.2, 0.25) is 0 Å². The van der Waals surface area contributed by atoms with Crippen molar-refractivity contribution in [3.63, 3.8) is 0 Å². The van der Waals surface area contributed by atoms with E-state index in [0.717, 1.165) is 25.9 Å². The first kappa shape index (κ1) is 16.8. The Balaban J connectivity index is 1.57. The molecule has 0 bridgehead atoms. The van der Waals surface area contributed by atoms with E-state index in [4.69, 9.17) is 10.5 Å². The van der Waals surface area contributed by atoms with Gasteiger partial charge in [0.1, 0.15) is 5.75 Å². The number of ether oxygens (including phenoxy) is 1. The van der Waals surface area contributed by atoms with E-state index < -0.39 is 5.91 Å². The predicted molar refractivity (Wildman–Crippen MR) is 90.8 cm³/mol. The highest BCUT2D eigenvalue weighted by Gasteiger charge is 2.38. The van der Waals surface area contributed by atoms with E-state index in [1.54, 1.807) is 24.3 Å². The maximum atomic E-state index is 12.6. The van der Waals surface area contributed by atoms with Gasteiger partial charge >= 0.3 is 0 Å². The summed E-state index contributed by atoms with van der Waals surface area (Å²) in [4.78, 5) is 28.0. The monoisotopic (exact) mass is 331 g/mol. The minimum Gasteiger partial charge on any atom is -0.484 e. The summed E-state index contributed by atoms with van der Waals surface area (Å²) in [5, 5.41) is 0. The number of hydrogen-bond donors (Lipinski definition) is 1. The van der Waals surface area contributed by atoms with Crippen LogP contribution in [-0.2, 0) is 4.79 Å². The van der Waals surface area contributed by atoms with Gasteiger partial charge in [0.25, 0.3) is 5.91 Å². The molecule has 0 radical (unpaired) electrons. The predicted octanol–water partition coefficient (Wildman–Crippen LogP) is 1.25. The van der Waals surface area contributed by atoms with Gasteiger partial charge in [-0.15, -0.1) is 0 Å². The van der Waals surface area contributed by atoms with E-state index in [1.165, 1.54) is 12.8 Å². The zero-order chi connectivity index (χ0) is 17.1. The number of likely N-dealkylation sites (tertiary alicyclic amines) is 2. The first-order chi connectivity index (χ1) is 11.6. The van der Waals surface area contributed by atoms with Crippen LogP contribution in [0.25, 0.3) is 0 Å². The molecule has 0 spiro atoms. The number of likely N-dealkylation sites (N-methyl/N-ethyl adjacent to an activating group) is 1. The Morgan fingerprint density at radius 3 is 2.42 bits per heavy atom. The topological polar surface area (TPSA) is 75.9 Å². The minimum absolute atomic E-state index is 0.0306. The summed E-state index contributed by atoms with van der Waals surface area (Å²) < 4.78 is 5.60. The van der Waals surface area contributed by atoms with Crippen molar-refractivity contribution in [3.05, 3.63) is 29.8 Å². The van der Waals surface area contributed by atoms with Crippen LogP contribution in [0.5, 0.6) is 5.75 Å². The largest absolute Gasteiger partial charge is 0.484 e. The van der Waals surface area contributed by atoms with Crippen LogP contribution in [-0.4, -0.2) is 60.4 Å². The van der Waals surface area contributed by atoms with Crippen molar-refractivity contribution >= 4 is 11.8 Å². The number of nitrogens with zero attached hydrogens (tertiary/aromatic N) is 2. The van der Waals surface area contributed by atoms with Crippen molar-refractivity contribution in [2.24, 2.45) is 5.73 Å². The van der Waals surface area contributed by atoms with Crippen LogP contribution in [0.15, 0.2) is 24.3 Å². The lowest BCUT2D eigenvalue weighted by Crippen LogP contribution is -2.48. The van der Waals surface area contributed by atoms with Crippen LogP contribution < -0.4 is 10.5 Å². The van der Waals surface area contributed by atoms with Gasteiger partial charge in [-0.1, -0.05) is 0 Å². The summed E-state index contributed by atoms with van der Waals surface area (Å²) in [6.45, 7) is 1.96. The Morgan fingerprint density at radius 1 is 1.12 bits per heavy atom. The third-order valence-electron chi connectivity index (χ3n) is 5.14. The van der Waals surface area contributed by atoms with Crippen molar-refractivity contribution < 1.29 is 14.3 Å². The van der Waals surface area contributed by atoms with Crippen molar-refractivity contribution in [2.75, 3.05) is 26.7 Å². The van der Waals surface area contributed by atoms with Gasteiger partial charge in [-0.25, -0.2) is 0 Å². The molecule has 2 amide bonds. The third-order valence-corrected chi connectivity index (χ3v) is 5.14. The lowest BCUT2D eigenvalue weighted by Gasteiger charge is -2.33. The summed E-state index contributed by atoms with van der Waals surface area (Å²) >= 11 is 0. The normalized spacial score (nSPS) is 24.3. The van der Waals surface area contributed by atoms with E-state index in [0.29, 0.717) is 23.4 Å². The van der Waals surface area contributed by atoms with Crippen LogP contribution in [0.4, 0.5) is 0 Å². The molecule has 0 aromatic heterocycles. The second-order valence-electron chi connectivity index (χ2n) is 6.66. The molecule has 2 unspecified atom stereocenters. The summed E-state index contributed by atoms with van der Waals surface area (Å²) in [6, 6.07) is 7.33. The second kappa shape index (κ2) is 7.21. The lowest BCUT2D eigenvalue weighted by molar-refractivity contribution is -0.135. The molecule has 6 nitrogen and oxygen atoms in total. The highest BCUT2D eigenvalue weighted by atomic mass is 16.5. The maximum absolute atomic E-state index is 12.6. The lowest BCUT2D eigenvalue weighted by atomic mass is 10.0. The van der Waals surface area contributed by atoms with E-state index >= 15 is 0 Å². The van der Waals surface area contributed by atoms with Crippen molar-refractivity contribution in [2.45, 2.75) is 37.8 Å². The molecule has 130 valence electrons. The molecule has 2 saturated heterocycles. The molecule has 0 saturated carbocycles. The van der Waals surface area contributed by atoms with E-state index in [1.807, 2.05) is 4.90 Å². The summed E-state index contributed by atoms with van der Waals surface area (Å²) in [6.07, 6.45) is 4.52. The number of hydrogen-bond acceptors (Lipinski definition) is 4. The molecule has 1 aromatic carbocycles. The highest BCUT2D eigenvalue weighted by molar-refractivity contribution is 5.92. The molecule has 2 fully saturated rings. The van der Waals surface area contributed by atoms with E-state index in [-0.39, 0.29) is 12.5 Å². The Labute approximate surface area is 142 Å². The first-order valence-corrected chi connectivity index (χ1v) is 8.58. The quantitative estimate of drug-likeness (QED) is 0.881. The standard InChI is InChI=1S/C18H25N3O3/c1-20-10-2-4-15(20)16-5-3-11-21(16)17(22)12-24-14-8-6-13(7-9-14)18(19)23/h6-9,15-16H,2-5,10-12H2,1H3,(H2,19,23). The Morgan fingerprint density at radius 2 is 1.79 bits per heavy atom. The van der Waals surface area contributed by atoms with Gasteiger partial charge in [-0.05, 0) is 63.5 Å². The molecule has 0 aliphatic carbocycles. The zero-order valence-corrected chi connectivity index (χ0v) is 14.1. The van der Waals surface area contributed by atoms with Crippen LogP contribution >= 0.6 is 0 Å². The van der Waals surface area contributed by atoms with E-state index in [2.05, 4.69) is 11.9 Å². The molecule has 2 N–H and O–H groups in total. The summed E-state index contributed by atoms with van der Waals surface area (Å²) in [5.74, 6) is 0.136. The number of amides is 2. The highest BCUT2D eigenvalue weighted by Crippen LogP contribution is 2.29. The average Bonchev–Trinajstić information content (AvgIpc) is 3.21. The fraction of sp³-hybridized carbons (Fsp3) is 0.556. The number of benzene rings is 1. The Hall–Kier alpha value is -2.08. The smallest absolute Gasteiger partial charge is 0.260 e. The van der Waals surface area contributed by atoms with Gasteiger partial charge in [0, 0.05) is 24.2 Å². The summed E-state index contributed by atoms with van der Waals surface area (Å²) in [7, 11) is 2.15. The van der Waals surface area contributed by atoms with Gasteiger partial charge in [0.15, 0.2) is 6.61 Å². The van der Waals surface area contributed by atoms with Crippen molar-refractivity contribution in [1.29, 1.82) is 0 Å². The molecule has 2 heterocycles. The molecule has 2 aliphatic heterocycles. The fourth-order valence-electron chi connectivity index (χ4n) is 3.87. The molecular weight excluding hydrogens is 306 g/mol. The van der Waals surface area contributed by atoms with Gasteiger partial charge in [-0.2, -0.15) is 0 Å². The number of carbonyl (C=O) groups is 2. The molecule has 24 heavy (non-hydrogen) atoms. The van der Waals surface area contributed by atoms with Gasteiger partial charge in [-0.3, -0.25) is 9.59 Å². The Bertz CT molecular complexity index is 602. The summed E-state index contributed by atoms with van der Waals surface area (Å²) in [5.41, 5.74) is 5.64. The molecule has 1 aromatic rings. The second-order valence-corrected chi connectivity index (χ2v) is 6.66.